The van der Waals surface area contributed by atoms with E-state index in [1.807, 2.05) is 32.7 Å². The highest BCUT2D eigenvalue weighted by atomic mass is 16.2. The van der Waals surface area contributed by atoms with Crippen molar-refractivity contribution in [1.29, 1.82) is 0 Å². The largest absolute Gasteiger partial charge is 0.345 e. The third kappa shape index (κ3) is 3.59. The Balaban J connectivity index is 2.55. The minimum atomic E-state index is -0.318. The second-order valence-electron chi connectivity index (χ2n) is 5.55. The first-order chi connectivity index (χ1) is 7.30. The maximum absolute atomic E-state index is 11.9. The molecule has 0 aliphatic carbocycles. The number of nitrogens with zero attached hydrogens (tertiary/aromatic N) is 2. The first kappa shape index (κ1) is 13.2. The lowest BCUT2D eigenvalue weighted by atomic mass is 9.90. The summed E-state index contributed by atoms with van der Waals surface area (Å²) in [6.07, 6.45) is 0.944. The lowest BCUT2D eigenvalue weighted by Gasteiger charge is -2.23. The summed E-state index contributed by atoms with van der Waals surface area (Å²) in [6.45, 7) is 8.14. The Morgan fingerprint density at radius 3 is 2.50 bits per heavy atom. The van der Waals surface area contributed by atoms with E-state index in [9.17, 15) is 9.59 Å². The fraction of sp³-hybridized carbons (Fsp3) is 0.833. The average molecular weight is 226 g/mol. The quantitative estimate of drug-likeness (QED) is 0.698. The second-order valence-corrected chi connectivity index (χ2v) is 5.55. The molecule has 0 bridgehead atoms. The van der Waals surface area contributed by atoms with Crippen LogP contribution in [0.5, 0.6) is 0 Å². The van der Waals surface area contributed by atoms with Gasteiger partial charge in [0.2, 0.25) is 5.91 Å². The Hall–Kier alpha value is -0.900. The summed E-state index contributed by atoms with van der Waals surface area (Å²) in [5.74, 6) is 0.309. The van der Waals surface area contributed by atoms with Crippen molar-refractivity contribution in [1.82, 2.24) is 9.80 Å². The topological polar surface area (TPSA) is 40.6 Å². The molecule has 1 saturated heterocycles. The lowest BCUT2D eigenvalue weighted by Crippen LogP contribution is -2.40. The fourth-order valence-corrected chi connectivity index (χ4v) is 1.62. The van der Waals surface area contributed by atoms with E-state index in [0.29, 0.717) is 13.1 Å². The molecule has 4 nitrogen and oxygen atoms in total. The molecule has 0 saturated carbocycles. The van der Waals surface area contributed by atoms with Gasteiger partial charge in [-0.3, -0.25) is 14.5 Å². The van der Waals surface area contributed by atoms with E-state index in [0.717, 1.165) is 19.5 Å². The molecule has 1 amide bonds. The Morgan fingerprint density at radius 2 is 1.94 bits per heavy atom. The summed E-state index contributed by atoms with van der Waals surface area (Å²) in [5, 5.41) is 0. The van der Waals surface area contributed by atoms with Gasteiger partial charge in [0.05, 0.1) is 13.1 Å². The first-order valence-corrected chi connectivity index (χ1v) is 5.80. The molecule has 0 aromatic carbocycles. The van der Waals surface area contributed by atoms with Crippen LogP contribution in [0.25, 0.3) is 0 Å². The number of likely N-dealkylation sites (N-methyl/N-ethyl adjacent to an activating group) is 1. The highest BCUT2D eigenvalue weighted by molar-refractivity contribution is 5.86. The van der Waals surface area contributed by atoms with Gasteiger partial charge in [0.25, 0.3) is 0 Å². The standard InChI is InChI=1S/C12H22N2O2/c1-12(2,3)10(15)8-14-7-5-6-13(4)11(16)9-14/h5-9H2,1-4H3. The lowest BCUT2D eigenvalue weighted by molar-refractivity contribution is -0.131. The van der Waals surface area contributed by atoms with E-state index in [1.54, 1.807) is 4.90 Å². The van der Waals surface area contributed by atoms with Crippen LogP contribution in [0.4, 0.5) is 0 Å². The number of carbonyl (C=O) groups is 2. The van der Waals surface area contributed by atoms with Gasteiger partial charge in [-0.1, -0.05) is 20.8 Å². The molecule has 0 N–H and O–H groups in total. The zero-order valence-corrected chi connectivity index (χ0v) is 10.7. The van der Waals surface area contributed by atoms with E-state index < -0.39 is 0 Å². The number of hydrogen-bond acceptors (Lipinski definition) is 3. The third-order valence-electron chi connectivity index (χ3n) is 2.96. The minimum absolute atomic E-state index is 0.110. The van der Waals surface area contributed by atoms with Crippen molar-refractivity contribution in [2.24, 2.45) is 5.41 Å². The molecule has 1 heterocycles. The maximum Gasteiger partial charge on any atom is 0.236 e. The van der Waals surface area contributed by atoms with Crippen molar-refractivity contribution in [3.05, 3.63) is 0 Å². The van der Waals surface area contributed by atoms with Crippen LogP contribution in [0, 0.1) is 5.41 Å². The van der Waals surface area contributed by atoms with Crippen molar-refractivity contribution in [2.75, 3.05) is 33.2 Å². The van der Waals surface area contributed by atoms with Crippen molar-refractivity contribution in [2.45, 2.75) is 27.2 Å². The van der Waals surface area contributed by atoms with Crippen molar-refractivity contribution >= 4 is 11.7 Å². The van der Waals surface area contributed by atoms with Crippen LogP contribution in [-0.2, 0) is 9.59 Å². The molecule has 92 valence electrons. The van der Waals surface area contributed by atoms with E-state index in [1.165, 1.54) is 0 Å². The number of rotatable bonds is 2. The van der Waals surface area contributed by atoms with Gasteiger partial charge in [0.15, 0.2) is 5.78 Å². The van der Waals surface area contributed by atoms with Crippen LogP contribution in [0.2, 0.25) is 0 Å². The number of amides is 1. The summed E-state index contributed by atoms with van der Waals surface area (Å²) >= 11 is 0. The summed E-state index contributed by atoms with van der Waals surface area (Å²) in [5.41, 5.74) is -0.318. The Kier molecular flexibility index (Phi) is 4.08. The molecule has 0 aromatic rings. The molecule has 1 fully saturated rings. The molecule has 0 radical (unpaired) electrons. The highest BCUT2D eigenvalue weighted by Gasteiger charge is 2.26. The summed E-state index contributed by atoms with van der Waals surface area (Å²) in [6, 6.07) is 0. The van der Waals surface area contributed by atoms with Gasteiger partial charge in [0, 0.05) is 25.6 Å². The number of hydrogen-bond donors (Lipinski definition) is 0. The monoisotopic (exact) mass is 226 g/mol. The molecule has 1 aliphatic heterocycles. The van der Waals surface area contributed by atoms with Crippen molar-refractivity contribution < 1.29 is 9.59 Å². The van der Waals surface area contributed by atoms with Crippen LogP contribution in [-0.4, -0.2) is 54.7 Å². The van der Waals surface area contributed by atoms with Gasteiger partial charge in [-0.25, -0.2) is 0 Å². The normalized spacial score (nSPS) is 19.8. The van der Waals surface area contributed by atoms with Crippen LogP contribution in [0.3, 0.4) is 0 Å². The van der Waals surface area contributed by atoms with Gasteiger partial charge in [-0.2, -0.15) is 0 Å². The number of ketones is 1. The fourth-order valence-electron chi connectivity index (χ4n) is 1.62. The van der Waals surface area contributed by atoms with Crippen LogP contribution < -0.4 is 0 Å². The van der Waals surface area contributed by atoms with Gasteiger partial charge in [0.1, 0.15) is 0 Å². The van der Waals surface area contributed by atoms with Gasteiger partial charge < -0.3 is 4.90 Å². The number of Topliss-reactive ketones (excluding diaryl/α,β-unsaturated/α-hetero) is 1. The van der Waals surface area contributed by atoms with Crippen molar-refractivity contribution in [3.8, 4) is 0 Å². The molecular formula is C12H22N2O2. The molecule has 1 rings (SSSR count). The zero-order chi connectivity index (χ0) is 12.3. The SMILES string of the molecule is CN1CCCN(CC(=O)C(C)(C)C)CC1=O. The van der Waals surface area contributed by atoms with Crippen LogP contribution >= 0.6 is 0 Å². The summed E-state index contributed by atoms with van der Waals surface area (Å²) < 4.78 is 0. The molecule has 0 atom stereocenters. The summed E-state index contributed by atoms with van der Waals surface area (Å²) in [7, 11) is 1.82. The average Bonchev–Trinajstić information content (AvgIpc) is 2.28. The van der Waals surface area contributed by atoms with Crippen molar-refractivity contribution in [3.63, 3.8) is 0 Å². The van der Waals surface area contributed by atoms with Gasteiger partial charge >= 0.3 is 0 Å². The third-order valence-corrected chi connectivity index (χ3v) is 2.96. The maximum atomic E-state index is 11.9. The molecule has 0 aromatic heterocycles. The smallest absolute Gasteiger partial charge is 0.236 e. The minimum Gasteiger partial charge on any atom is -0.345 e. The molecule has 1 aliphatic rings. The number of carbonyl (C=O) groups excluding carboxylic acids is 2. The zero-order valence-electron chi connectivity index (χ0n) is 10.7. The molecule has 0 spiro atoms. The predicted octanol–water partition coefficient (Wildman–Crippen LogP) is 0.766. The van der Waals surface area contributed by atoms with Gasteiger partial charge in [-0.05, 0) is 6.42 Å². The van der Waals surface area contributed by atoms with Crippen LogP contribution in [0.15, 0.2) is 0 Å². The molecular weight excluding hydrogens is 204 g/mol. The predicted molar refractivity (Wildman–Crippen MR) is 63.2 cm³/mol. The van der Waals surface area contributed by atoms with E-state index in [4.69, 9.17) is 0 Å². The molecule has 0 unspecified atom stereocenters. The second kappa shape index (κ2) is 4.95. The van der Waals surface area contributed by atoms with Gasteiger partial charge in [-0.15, -0.1) is 0 Å². The highest BCUT2D eigenvalue weighted by Crippen LogP contribution is 2.15. The van der Waals surface area contributed by atoms with Crippen LogP contribution in [0.1, 0.15) is 27.2 Å². The van der Waals surface area contributed by atoms with E-state index >= 15 is 0 Å². The summed E-state index contributed by atoms with van der Waals surface area (Å²) in [4.78, 5) is 27.2. The molecule has 4 heteroatoms. The Bertz CT molecular complexity index is 281. The Labute approximate surface area is 97.6 Å². The Morgan fingerprint density at radius 1 is 1.31 bits per heavy atom. The first-order valence-electron chi connectivity index (χ1n) is 5.80. The molecule has 16 heavy (non-hydrogen) atoms. The van der Waals surface area contributed by atoms with E-state index in [-0.39, 0.29) is 17.1 Å². The van der Waals surface area contributed by atoms with E-state index in [2.05, 4.69) is 0 Å².